The summed E-state index contributed by atoms with van der Waals surface area (Å²) in [7, 11) is 0. The third-order valence-electron chi connectivity index (χ3n) is 2.61. The van der Waals surface area contributed by atoms with E-state index in [1.54, 1.807) is 24.3 Å². The number of carbonyl (C=O) groups is 1. The fraction of sp³-hybridized carbons (Fsp3) is 0. The fourth-order valence-electron chi connectivity index (χ4n) is 1.60. The Labute approximate surface area is 125 Å². The Morgan fingerprint density at radius 2 is 1.90 bits per heavy atom. The van der Waals surface area contributed by atoms with Crippen molar-refractivity contribution in [3.05, 3.63) is 64.3 Å². The van der Waals surface area contributed by atoms with Gasteiger partial charge in [-0.1, -0.05) is 23.7 Å². The third kappa shape index (κ3) is 3.55. The molecule has 7 heteroatoms. The first-order valence-corrected chi connectivity index (χ1v) is 6.22. The molecule has 0 spiro atoms. The average molecular weight is 301 g/mol. The van der Waals surface area contributed by atoms with Crippen molar-refractivity contribution in [2.45, 2.75) is 0 Å². The zero-order valence-corrected chi connectivity index (χ0v) is 11.4. The zero-order valence-electron chi connectivity index (χ0n) is 10.7. The van der Waals surface area contributed by atoms with Crippen LogP contribution in [-0.2, 0) is 0 Å². The van der Waals surface area contributed by atoms with Crippen molar-refractivity contribution in [2.24, 2.45) is 5.11 Å². The summed E-state index contributed by atoms with van der Waals surface area (Å²) in [4.78, 5) is 12.2. The molecule has 0 saturated carbocycles. The van der Waals surface area contributed by atoms with Gasteiger partial charge in [-0.3, -0.25) is 4.79 Å². The molecule has 0 aliphatic rings. The molecule has 2 aromatic rings. The van der Waals surface area contributed by atoms with Gasteiger partial charge in [-0.05, 0) is 29.1 Å². The van der Waals surface area contributed by atoms with Gasteiger partial charge in [0.1, 0.15) is 0 Å². The lowest BCUT2D eigenvalue weighted by molar-refractivity contribution is -0.435. The molecule has 2 rings (SSSR count). The highest BCUT2D eigenvalue weighted by Gasteiger charge is 2.10. The Hall–Kier alpha value is -2.91. The fourth-order valence-corrected chi connectivity index (χ4v) is 1.78. The van der Waals surface area contributed by atoms with Gasteiger partial charge in [-0.15, -0.1) is 0 Å². The maximum Gasteiger partial charge on any atom is 0.274 e. The highest BCUT2D eigenvalue weighted by molar-refractivity contribution is 6.33. The van der Waals surface area contributed by atoms with Gasteiger partial charge in [-0.2, -0.15) is 5.26 Å². The monoisotopic (exact) mass is 300 g/mol. The van der Waals surface area contributed by atoms with Crippen molar-refractivity contribution in [1.29, 1.82) is 5.26 Å². The molecular weight excluding hydrogens is 292 g/mol. The Bertz CT molecular complexity index is 735. The van der Waals surface area contributed by atoms with E-state index in [2.05, 4.69) is 10.4 Å². The molecule has 1 amide bonds. The first-order valence-electron chi connectivity index (χ1n) is 5.85. The lowest BCUT2D eigenvalue weighted by Gasteiger charge is -2.07. The number of azo groups is 1. The number of nitrogens with zero attached hydrogens (tertiary/aromatic N) is 3. The van der Waals surface area contributed by atoms with E-state index in [1.807, 2.05) is 0 Å². The van der Waals surface area contributed by atoms with Crippen molar-refractivity contribution in [2.75, 3.05) is 5.32 Å². The summed E-state index contributed by atoms with van der Waals surface area (Å²) < 4.78 is 0. The number of carbonyl (C=O) groups excluding carboxylic acids is 1. The van der Waals surface area contributed by atoms with E-state index in [9.17, 15) is 10.0 Å². The number of hydrogen-bond donors (Lipinski definition) is 1. The molecule has 21 heavy (non-hydrogen) atoms. The van der Waals surface area contributed by atoms with Crippen LogP contribution in [0.25, 0.3) is 0 Å². The molecule has 6 nitrogen and oxygen atoms in total. The molecule has 0 radical (unpaired) electrons. The number of nitriles is 1. The Morgan fingerprint density at radius 1 is 1.24 bits per heavy atom. The highest BCUT2D eigenvalue weighted by Crippen LogP contribution is 2.21. The van der Waals surface area contributed by atoms with Crippen LogP contribution in [0.15, 0.2) is 53.6 Å². The second-order valence-electron chi connectivity index (χ2n) is 3.95. The van der Waals surface area contributed by atoms with Crippen LogP contribution in [0.4, 0.5) is 11.4 Å². The Kier molecular flexibility index (Phi) is 4.49. The summed E-state index contributed by atoms with van der Waals surface area (Å²) in [6, 6.07) is 12.6. The number of amides is 1. The van der Waals surface area contributed by atoms with Crippen LogP contribution < -0.4 is 5.32 Å². The van der Waals surface area contributed by atoms with Crippen LogP contribution in [0.5, 0.6) is 0 Å². The van der Waals surface area contributed by atoms with Gasteiger partial charge >= 0.3 is 0 Å². The minimum Gasteiger partial charge on any atom is -0.593 e. The van der Waals surface area contributed by atoms with E-state index < -0.39 is 0 Å². The summed E-state index contributed by atoms with van der Waals surface area (Å²) >= 11 is 5.95. The molecule has 0 heterocycles. The van der Waals surface area contributed by atoms with Gasteiger partial charge in [-0.25, -0.2) is 0 Å². The molecule has 0 bridgehead atoms. The number of rotatable bonds is 3. The minimum atomic E-state index is -0.357. The molecule has 0 aromatic heterocycles. The predicted molar refractivity (Wildman–Crippen MR) is 77.2 cm³/mol. The lowest BCUT2D eigenvalue weighted by Crippen LogP contribution is -2.12. The molecular formula is C14H9ClN4O2. The molecule has 0 aliphatic heterocycles. The van der Waals surface area contributed by atoms with E-state index in [-0.39, 0.29) is 16.5 Å². The van der Waals surface area contributed by atoms with Crippen LogP contribution in [-0.4, -0.2) is 10.8 Å². The number of nitrogens with one attached hydrogen (secondary N) is 1. The topological polar surface area (TPSA) is 91.3 Å². The lowest BCUT2D eigenvalue weighted by atomic mass is 10.2. The quantitative estimate of drug-likeness (QED) is 0.406. The van der Waals surface area contributed by atoms with Crippen LogP contribution in [0.2, 0.25) is 5.02 Å². The summed E-state index contributed by atoms with van der Waals surface area (Å²) in [6.07, 6.45) is 1.39. The maximum atomic E-state index is 12.0. The number of halogens is 1. The summed E-state index contributed by atoms with van der Waals surface area (Å²) in [5, 5.41) is 25.7. The normalized spacial score (nSPS) is 10.8. The van der Waals surface area contributed by atoms with Crippen molar-refractivity contribution < 1.29 is 9.66 Å². The molecule has 0 unspecified atom stereocenters. The van der Waals surface area contributed by atoms with Gasteiger partial charge in [0.15, 0.2) is 0 Å². The Morgan fingerprint density at radius 3 is 2.52 bits per heavy atom. The van der Waals surface area contributed by atoms with Crippen LogP contribution in [0, 0.1) is 16.7 Å². The Balaban J connectivity index is 2.16. The smallest absolute Gasteiger partial charge is 0.274 e. The maximum absolute atomic E-state index is 12.0. The first kappa shape index (κ1) is 14.5. The van der Waals surface area contributed by atoms with Crippen LogP contribution >= 0.6 is 11.6 Å². The minimum absolute atomic E-state index is 0.158. The zero-order chi connectivity index (χ0) is 15.2. The first-order chi connectivity index (χ1) is 10.1. The number of para-hydroxylation sites is 1. The second-order valence-corrected chi connectivity index (χ2v) is 4.36. The van der Waals surface area contributed by atoms with Gasteiger partial charge in [0, 0.05) is 17.7 Å². The molecule has 0 fully saturated rings. The number of hydrogen-bond acceptors (Lipinski definition) is 4. The van der Waals surface area contributed by atoms with E-state index in [1.165, 1.54) is 30.5 Å². The van der Waals surface area contributed by atoms with E-state index >= 15 is 0 Å². The van der Waals surface area contributed by atoms with Crippen molar-refractivity contribution in [3.8, 4) is 6.19 Å². The van der Waals surface area contributed by atoms with Gasteiger partial charge in [0.05, 0.1) is 15.8 Å². The van der Waals surface area contributed by atoms with E-state index in [0.717, 1.165) is 0 Å². The molecule has 2 aromatic carbocycles. The highest BCUT2D eigenvalue weighted by atomic mass is 35.5. The summed E-state index contributed by atoms with van der Waals surface area (Å²) in [5.41, 5.74) is 1.01. The van der Waals surface area contributed by atoms with Gasteiger partial charge in [0.2, 0.25) is 5.69 Å². The predicted octanol–water partition coefficient (Wildman–Crippen LogP) is 3.67. The molecule has 0 aliphatic carbocycles. The van der Waals surface area contributed by atoms with Gasteiger partial charge in [0.25, 0.3) is 12.1 Å². The molecule has 0 atom stereocenters. The van der Waals surface area contributed by atoms with E-state index in [4.69, 9.17) is 16.9 Å². The summed E-state index contributed by atoms with van der Waals surface area (Å²) in [6.45, 7) is 0. The second kappa shape index (κ2) is 6.50. The van der Waals surface area contributed by atoms with Crippen molar-refractivity contribution in [1.82, 2.24) is 0 Å². The summed E-state index contributed by atoms with van der Waals surface area (Å²) in [5.74, 6) is -0.357. The molecule has 104 valence electrons. The van der Waals surface area contributed by atoms with Crippen LogP contribution in [0.1, 0.15) is 10.4 Å². The van der Waals surface area contributed by atoms with Crippen LogP contribution in [0.3, 0.4) is 0 Å². The standard InChI is InChI=1S/C14H9ClN4O2/c15-12-3-1-2-4-13(12)18-14(20)10-5-7-11(8-6-10)19(21)17-9-16/h1-8H,(H,18,20). The SMILES string of the molecule is N#CN=[N+]([O-])c1ccc(C(=O)Nc2ccccc2Cl)cc1. The van der Waals surface area contributed by atoms with Crippen molar-refractivity contribution in [3.63, 3.8) is 0 Å². The largest absolute Gasteiger partial charge is 0.593 e. The molecule has 1 N–H and O–H groups in total. The van der Waals surface area contributed by atoms with Gasteiger partial charge < -0.3 is 10.5 Å². The van der Waals surface area contributed by atoms with Crippen molar-refractivity contribution >= 4 is 28.9 Å². The number of benzene rings is 2. The third-order valence-corrected chi connectivity index (χ3v) is 2.94. The molecule has 0 saturated heterocycles. The number of anilines is 1. The average Bonchev–Trinajstić information content (AvgIpc) is 2.50. The van der Waals surface area contributed by atoms with E-state index in [0.29, 0.717) is 16.3 Å².